The summed E-state index contributed by atoms with van der Waals surface area (Å²) in [7, 11) is 0. The summed E-state index contributed by atoms with van der Waals surface area (Å²) in [6.45, 7) is 33.6. The number of nitrogens with zero attached hydrogens (tertiary/aromatic N) is 3. The van der Waals surface area contributed by atoms with Crippen molar-refractivity contribution in [1.82, 2.24) is 4.57 Å². The van der Waals surface area contributed by atoms with Crippen LogP contribution in [0.2, 0.25) is 0 Å². The smallest absolute Gasteiger partial charge is 0.252 e. The Morgan fingerprint density at radius 1 is 0.530 bits per heavy atom. The van der Waals surface area contributed by atoms with Crippen LogP contribution in [0, 0.1) is 0 Å². The van der Waals surface area contributed by atoms with E-state index in [9.17, 15) is 0 Å². The third kappa shape index (κ3) is 6.08. The molecule has 3 aliphatic heterocycles. The van der Waals surface area contributed by atoms with Crippen molar-refractivity contribution in [2.24, 2.45) is 0 Å². The van der Waals surface area contributed by atoms with E-state index in [-0.39, 0.29) is 39.3 Å². The van der Waals surface area contributed by atoms with Crippen molar-refractivity contribution in [3.05, 3.63) is 149 Å². The quantitative estimate of drug-likeness (QED) is 0.163. The van der Waals surface area contributed by atoms with E-state index in [1.807, 2.05) is 0 Å². The van der Waals surface area contributed by atoms with Crippen LogP contribution < -0.4 is 26.2 Å². The Bertz CT molecular complexity index is 3030. The van der Waals surface area contributed by atoms with Crippen molar-refractivity contribution < 1.29 is 0 Å². The molecule has 4 heterocycles. The highest BCUT2D eigenvalue weighted by atomic mass is 15.3. The molecule has 1 aromatic heterocycles. The standard InChI is InChI=1S/C62H70BN3/c1-57(2,3)40-25-29-43(30-26-40)64(44-31-27-41(28-32-44)58(4,5)6)45-37-50-53-51(38-45)66-56-47(61(13)33-18-19-34-62(61,66)14)23-20-24-48(56)63(53)49-36-42(59(7,8)9)35-46-52(60(10,11)12)54(65(50)55(46)49)39-21-16-15-17-22-39/h15-17,20-32,35-38H,18-19,33-34H2,1-14H3. The number of rotatable bonds is 4. The highest BCUT2D eigenvalue weighted by Gasteiger charge is 2.61. The molecule has 0 N–H and O–H groups in total. The predicted octanol–water partition coefficient (Wildman–Crippen LogP) is 14.8. The van der Waals surface area contributed by atoms with Gasteiger partial charge in [0.1, 0.15) is 0 Å². The zero-order chi connectivity index (χ0) is 46.7. The molecule has 336 valence electrons. The summed E-state index contributed by atoms with van der Waals surface area (Å²) in [5, 5.41) is 1.39. The van der Waals surface area contributed by atoms with E-state index in [0.29, 0.717) is 0 Å². The zero-order valence-electron chi connectivity index (χ0n) is 42.3. The summed E-state index contributed by atoms with van der Waals surface area (Å²) in [4.78, 5) is 5.45. The van der Waals surface area contributed by atoms with Crippen LogP contribution >= 0.6 is 0 Å². The summed E-state index contributed by atoms with van der Waals surface area (Å²) in [6.07, 6.45) is 4.87. The minimum absolute atomic E-state index is 0.0186. The first-order valence-corrected chi connectivity index (χ1v) is 24.9. The minimum Gasteiger partial charge on any atom is -0.335 e. The number of benzene rings is 6. The lowest BCUT2D eigenvalue weighted by Crippen LogP contribution is -2.64. The fourth-order valence-corrected chi connectivity index (χ4v) is 12.9. The fraction of sp³-hybridized carbons (Fsp3) is 0.387. The molecule has 1 saturated carbocycles. The molecule has 7 aromatic rings. The van der Waals surface area contributed by atoms with Crippen LogP contribution in [0.3, 0.4) is 0 Å². The number of anilines is 5. The molecule has 0 radical (unpaired) electrons. The van der Waals surface area contributed by atoms with Crippen LogP contribution in [0.5, 0.6) is 0 Å². The average molecular weight is 868 g/mol. The molecule has 0 spiro atoms. The van der Waals surface area contributed by atoms with Gasteiger partial charge in [-0.25, -0.2) is 0 Å². The summed E-state index contributed by atoms with van der Waals surface area (Å²) in [5.74, 6) is 0. The van der Waals surface area contributed by atoms with E-state index < -0.39 is 0 Å². The van der Waals surface area contributed by atoms with E-state index >= 15 is 0 Å². The lowest BCUT2D eigenvalue weighted by Gasteiger charge is -2.52. The number of fused-ring (bicyclic) bond motifs is 7. The van der Waals surface area contributed by atoms with E-state index in [4.69, 9.17) is 0 Å². The van der Waals surface area contributed by atoms with Gasteiger partial charge >= 0.3 is 0 Å². The fourth-order valence-electron chi connectivity index (χ4n) is 12.9. The van der Waals surface area contributed by atoms with Crippen molar-refractivity contribution in [2.45, 2.75) is 155 Å². The van der Waals surface area contributed by atoms with Crippen molar-refractivity contribution >= 4 is 62.4 Å². The number of para-hydroxylation sites is 1. The van der Waals surface area contributed by atoms with Crippen molar-refractivity contribution in [2.75, 3.05) is 9.80 Å². The van der Waals surface area contributed by atoms with Gasteiger partial charge in [-0.1, -0.05) is 182 Å². The molecule has 2 unspecified atom stereocenters. The van der Waals surface area contributed by atoms with Gasteiger partial charge in [0.05, 0.1) is 16.9 Å². The van der Waals surface area contributed by atoms with Gasteiger partial charge in [-0.05, 0) is 134 Å². The summed E-state index contributed by atoms with van der Waals surface area (Å²) >= 11 is 0. The molecular formula is C62H70BN3. The molecule has 11 rings (SSSR count). The maximum Gasteiger partial charge on any atom is 0.252 e. The maximum absolute atomic E-state index is 2.89. The van der Waals surface area contributed by atoms with Crippen molar-refractivity contribution in [1.29, 1.82) is 0 Å². The summed E-state index contributed by atoms with van der Waals surface area (Å²) in [6, 6.07) is 47.9. The number of aromatic nitrogens is 1. The molecule has 2 atom stereocenters. The Labute approximate surface area is 396 Å². The van der Waals surface area contributed by atoms with Crippen molar-refractivity contribution in [3.63, 3.8) is 0 Å². The van der Waals surface area contributed by atoms with E-state index in [2.05, 4.69) is 233 Å². The minimum atomic E-state index is -0.140. The van der Waals surface area contributed by atoms with E-state index in [1.54, 1.807) is 0 Å². The molecule has 3 nitrogen and oxygen atoms in total. The Morgan fingerprint density at radius 2 is 1.11 bits per heavy atom. The topological polar surface area (TPSA) is 11.4 Å². The van der Waals surface area contributed by atoms with Gasteiger partial charge in [0, 0.05) is 44.8 Å². The van der Waals surface area contributed by atoms with Gasteiger partial charge in [0.25, 0.3) is 6.71 Å². The first-order valence-electron chi connectivity index (χ1n) is 24.9. The lowest BCUT2D eigenvalue weighted by molar-refractivity contribution is 0.195. The molecule has 0 bridgehead atoms. The van der Waals surface area contributed by atoms with Gasteiger partial charge in [0.15, 0.2) is 0 Å². The van der Waals surface area contributed by atoms with E-state index in [1.165, 1.54) is 120 Å². The Balaban J connectivity index is 1.32. The van der Waals surface area contributed by atoms with Gasteiger partial charge < -0.3 is 14.4 Å². The molecule has 4 aliphatic rings. The summed E-state index contributed by atoms with van der Waals surface area (Å²) in [5.41, 5.74) is 22.8. The lowest BCUT2D eigenvalue weighted by atomic mass is 9.33. The van der Waals surface area contributed by atoms with Gasteiger partial charge in [-0.2, -0.15) is 0 Å². The summed E-state index contributed by atoms with van der Waals surface area (Å²) < 4.78 is 2.74. The molecular weight excluding hydrogens is 798 g/mol. The van der Waals surface area contributed by atoms with Gasteiger partial charge in [0.2, 0.25) is 0 Å². The third-order valence-electron chi connectivity index (χ3n) is 16.7. The normalized spacial score (nSPS) is 19.8. The highest BCUT2D eigenvalue weighted by molar-refractivity contribution is 7.00. The third-order valence-corrected chi connectivity index (χ3v) is 16.7. The Hall–Kier alpha value is -5.48. The second kappa shape index (κ2) is 14.0. The van der Waals surface area contributed by atoms with Crippen LogP contribution in [0.15, 0.2) is 121 Å². The average Bonchev–Trinajstić information content (AvgIpc) is 3.72. The molecule has 4 heteroatoms. The monoisotopic (exact) mass is 868 g/mol. The molecule has 6 aromatic carbocycles. The van der Waals surface area contributed by atoms with Crippen LogP contribution in [0.4, 0.5) is 28.4 Å². The SMILES string of the molecule is CC(C)(C)c1ccc(N(c2ccc(C(C)(C)C)cc2)c2cc3c4c(c2)-n2c(-c5ccccc5)c(C(C)(C)C)c5cc(C(C)(C)C)cc(c52)B4c2cccc4c2N3C2(C)CCCCC42C)cc1. The molecule has 1 aliphatic carbocycles. The second-order valence-electron chi connectivity index (χ2n) is 25.0. The van der Waals surface area contributed by atoms with Crippen LogP contribution in [0.1, 0.15) is 150 Å². The zero-order valence-corrected chi connectivity index (χ0v) is 42.3. The maximum atomic E-state index is 2.89. The van der Waals surface area contributed by atoms with Gasteiger partial charge in [-0.15, -0.1) is 0 Å². The predicted molar refractivity (Wildman–Crippen MR) is 286 cm³/mol. The number of hydrogen-bond acceptors (Lipinski definition) is 2. The largest absolute Gasteiger partial charge is 0.335 e. The molecule has 0 amide bonds. The molecule has 66 heavy (non-hydrogen) atoms. The molecule has 0 saturated heterocycles. The first kappa shape index (κ1) is 43.1. The number of hydrogen-bond donors (Lipinski definition) is 0. The van der Waals surface area contributed by atoms with E-state index in [0.717, 1.165) is 6.42 Å². The highest BCUT2D eigenvalue weighted by Crippen LogP contribution is 2.62. The van der Waals surface area contributed by atoms with Gasteiger partial charge in [-0.3, -0.25) is 0 Å². The molecule has 1 fully saturated rings. The van der Waals surface area contributed by atoms with Crippen LogP contribution in [0.25, 0.3) is 27.8 Å². The Kier molecular flexibility index (Phi) is 9.17. The van der Waals surface area contributed by atoms with Crippen molar-refractivity contribution in [3.8, 4) is 16.9 Å². The second-order valence-corrected chi connectivity index (χ2v) is 25.0. The van der Waals surface area contributed by atoms with Crippen LogP contribution in [-0.2, 0) is 27.1 Å². The first-order chi connectivity index (χ1) is 31.0. The van der Waals surface area contributed by atoms with Crippen LogP contribution in [-0.4, -0.2) is 16.8 Å². The Morgan fingerprint density at radius 3 is 1.68 bits per heavy atom.